The molecular weight excluding hydrogens is 412 g/mol. The fourth-order valence-electron chi connectivity index (χ4n) is 3.60. The summed E-state index contributed by atoms with van der Waals surface area (Å²) in [4.78, 5) is 19.1. The maximum Gasteiger partial charge on any atom is 0.262 e. The van der Waals surface area contributed by atoms with Gasteiger partial charge in [0, 0.05) is 49.0 Å². The third kappa shape index (κ3) is 4.49. The lowest BCUT2D eigenvalue weighted by atomic mass is 9.95. The van der Waals surface area contributed by atoms with Gasteiger partial charge in [-0.15, -0.1) is 0 Å². The van der Waals surface area contributed by atoms with Crippen LogP contribution in [-0.2, 0) is 21.9 Å². The van der Waals surface area contributed by atoms with Gasteiger partial charge in [-0.1, -0.05) is 11.6 Å². The number of piperidine rings is 1. The summed E-state index contributed by atoms with van der Waals surface area (Å²) in [5.74, 6) is 0.447. The first-order chi connectivity index (χ1) is 13.6. The molecule has 29 heavy (non-hydrogen) atoms. The zero-order valence-electron chi connectivity index (χ0n) is 17.2. The third-order valence-electron chi connectivity index (χ3n) is 5.35. The highest BCUT2D eigenvalue weighted by Crippen LogP contribution is 2.28. The maximum absolute atomic E-state index is 13.2. The largest absolute Gasteiger partial charge is 0.337 e. The molecule has 9 heteroatoms. The van der Waals surface area contributed by atoms with Crippen molar-refractivity contribution in [2.24, 2.45) is 13.0 Å². The Balaban J connectivity index is 1.72. The summed E-state index contributed by atoms with van der Waals surface area (Å²) >= 11 is 5.97. The Kier molecular flexibility index (Phi) is 6.36. The molecule has 2 heterocycles. The second-order valence-corrected chi connectivity index (χ2v) is 10.0. The van der Waals surface area contributed by atoms with Gasteiger partial charge in [0.2, 0.25) is 5.91 Å². The maximum atomic E-state index is 13.2. The normalized spacial score (nSPS) is 16.3. The van der Waals surface area contributed by atoms with Gasteiger partial charge in [0.05, 0.1) is 0 Å². The van der Waals surface area contributed by atoms with E-state index in [-0.39, 0.29) is 22.9 Å². The second kappa shape index (κ2) is 8.45. The lowest BCUT2D eigenvalue weighted by Crippen LogP contribution is -2.46. The summed E-state index contributed by atoms with van der Waals surface area (Å²) in [6.07, 6.45) is 2.50. The molecule has 0 unspecified atom stereocenters. The van der Waals surface area contributed by atoms with E-state index in [4.69, 9.17) is 11.6 Å². The van der Waals surface area contributed by atoms with Crippen molar-refractivity contribution in [3.8, 4) is 0 Å². The molecular formula is C20H27ClN4O3S. The van der Waals surface area contributed by atoms with Crippen molar-refractivity contribution in [1.29, 1.82) is 0 Å². The number of nitrogens with zero attached hydrogens (tertiary/aromatic N) is 4. The molecule has 0 atom stereocenters. The van der Waals surface area contributed by atoms with Gasteiger partial charge in [0.1, 0.15) is 5.82 Å². The number of anilines is 1. The van der Waals surface area contributed by atoms with E-state index in [0.29, 0.717) is 36.8 Å². The van der Waals surface area contributed by atoms with E-state index in [9.17, 15) is 13.2 Å². The van der Waals surface area contributed by atoms with Crippen LogP contribution in [0.5, 0.6) is 0 Å². The predicted octanol–water partition coefficient (Wildman–Crippen LogP) is 3.22. The Hall–Kier alpha value is -1.90. The summed E-state index contributed by atoms with van der Waals surface area (Å²) in [7, 11) is -1.88. The summed E-state index contributed by atoms with van der Waals surface area (Å²) < 4.78 is 28.9. The highest BCUT2D eigenvalue weighted by molar-refractivity contribution is 7.89. The van der Waals surface area contributed by atoms with Crippen LogP contribution in [0, 0.1) is 12.8 Å². The first-order valence-corrected chi connectivity index (χ1v) is 11.5. The number of aromatic nitrogens is 2. The van der Waals surface area contributed by atoms with Crippen LogP contribution in [0.25, 0.3) is 0 Å². The summed E-state index contributed by atoms with van der Waals surface area (Å²) in [5, 5.41) is 0.681. The quantitative estimate of drug-likeness (QED) is 0.718. The number of aryl methyl sites for hydroxylation is 2. The molecule has 1 aromatic carbocycles. The van der Waals surface area contributed by atoms with E-state index >= 15 is 0 Å². The van der Waals surface area contributed by atoms with Crippen molar-refractivity contribution in [1.82, 2.24) is 13.9 Å². The molecule has 0 saturated carbocycles. The summed E-state index contributed by atoms with van der Waals surface area (Å²) in [5.41, 5.74) is 0.799. The first kappa shape index (κ1) is 21.8. The topological polar surface area (TPSA) is 75.5 Å². The van der Waals surface area contributed by atoms with E-state index in [0.717, 1.165) is 5.69 Å². The monoisotopic (exact) mass is 438 g/mol. The zero-order valence-corrected chi connectivity index (χ0v) is 18.7. The Bertz CT molecular complexity index is 958. The first-order valence-electron chi connectivity index (χ1n) is 9.70. The molecule has 1 aliphatic heterocycles. The number of halogens is 1. The minimum absolute atomic E-state index is 0.0121. The molecule has 3 rings (SSSR count). The molecule has 1 saturated heterocycles. The molecule has 158 valence electrons. The number of carbonyl (C=O) groups is 1. The second-order valence-electron chi connectivity index (χ2n) is 7.69. The van der Waals surface area contributed by atoms with Crippen molar-refractivity contribution in [2.75, 3.05) is 18.0 Å². The minimum atomic E-state index is -3.64. The predicted molar refractivity (Wildman–Crippen MR) is 114 cm³/mol. The van der Waals surface area contributed by atoms with Crippen LogP contribution >= 0.6 is 11.6 Å². The molecule has 1 fully saturated rings. The number of amides is 1. The smallest absolute Gasteiger partial charge is 0.262 e. The number of hydrogen-bond donors (Lipinski definition) is 0. The molecule has 0 spiro atoms. The molecule has 1 amide bonds. The lowest BCUT2D eigenvalue weighted by molar-refractivity contribution is -0.123. The lowest BCUT2D eigenvalue weighted by Gasteiger charge is -2.35. The van der Waals surface area contributed by atoms with Gasteiger partial charge >= 0.3 is 0 Å². The Labute approximate surface area is 177 Å². The number of hydrogen-bond acceptors (Lipinski definition) is 4. The van der Waals surface area contributed by atoms with Crippen LogP contribution in [0.3, 0.4) is 0 Å². The minimum Gasteiger partial charge on any atom is -0.337 e. The Morgan fingerprint density at radius 2 is 1.79 bits per heavy atom. The molecule has 1 aliphatic rings. The van der Waals surface area contributed by atoms with E-state index < -0.39 is 10.0 Å². The molecule has 0 aliphatic carbocycles. The van der Waals surface area contributed by atoms with Crippen LogP contribution in [0.2, 0.25) is 5.02 Å². The molecule has 0 bridgehead atoms. The zero-order chi connectivity index (χ0) is 21.3. The van der Waals surface area contributed by atoms with Gasteiger partial charge < -0.3 is 9.47 Å². The number of sulfonamides is 1. The fourth-order valence-corrected chi connectivity index (χ4v) is 5.23. The van der Waals surface area contributed by atoms with E-state index in [1.54, 1.807) is 35.6 Å². The molecule has 1 aromatic heterocycles. The van der Waals surface area contributed by atoms with Gasteiger partial charge in [-0.3, -0.25) is 4.79 Å². The van der Waals surface area contributed by atoms with Gasteiger partial charge in [0.15, 0.2) is 5.03 Å². The van der Waals surface area contributed by atoms with Gasteiger partial charge in [-0.25, -0.2) is 13.4 Å². The third-order valence-corrected chi connectivity index (χ3v) is 7.37. The van der Waals surface area contributed by atoms with Crippen LogP contribution in [0.4, 0.5) is 5.69 Å². The van der Waals surface area contributed by atoms with Crippen LogP contribution in [0.15, 0.2) is 35.5 Å². The van der Waals surface area contributed by atoms with Crippen molar-refractivity contribution in [2.45, 2.75) is 44.7 Å². The highest BCUT2D eigenvalue weighted by Gasteiger charge is 2.35. The number of rotatable bonds is 5. The molecule has 0 radical (unpaired) electrons. The van der Waals surface area contributed by atoms with Crippen molar-refractivity contribution < 1.29 is 13.2 Å². The number of carbonyl (C=O) groups excluding carboxylic acids is 1. The highest BCUT2D eigenvalue weighted by atomic mass is 35.5. The average molecular weight is 439 g/mol. The Morgan fingerprint density at radius 3 is 2.28 bits per heavy atom. The van der Waals surface area contributed by atoms with E-state index in [1.165, 1.54) is 10.5 Å². The molecule has 7 nitrogen and oxygen atoms in total. The summed E-state index contributed by atoms with van der Waals surface area (Å²) in [6, 6.07) is 7.20. The SMILES string of the molecule is Cc1nc(S(=O)(=O)N2CCC(C(=O)N(c3ccc(Cl)cc3)C(C)C)CC2)cn1C. The molecule has 2 aromatic rings. The van der Waals surface area contributed by atoms with E-state index in [1.807, 2.05) is 26.0 Å². The van der Waals surface area contributed by atoms with E-state index in [2.05, 4.69) is 4.98 Å². The van der Waals surface area contributed by atoms with Crippen molar-refractivity contribution in [3.63, 3.8) is 0 Å². The summed E-state index contributed by atoms with van der Waals surface area (Å²) in [6.45, 7) is 6.31. The van der Waals surface area contributed by atoms with Crippen LogP contribution < -0.4 is 4.90 Å². The van der Waals surface area contributed by atoms with Crippen LogP contribution in [0.1, 0.15) is 32.5 Å². The van der Waals surface area contributed by atoms with Crippen LogP contribution in [-0.4, -0.2) is 47.3 Å². The van der Waals surface area contributed by atoms with Crippen molar-refractivity contribution in [3.05, 3.63) is 41.3 Å². The van der Waals surface area contributed by atoms with Crippen molar-refractivity contribution >= 4 is 33.2 Å². The van der Waals surface area contributed by atoms with Gasteiger partial charge in [-0.2, -0.15) is 4.31 Å². The van der Waals surface area contributed by atoms with Gasteiger partial charge in [-0.05, 0) is 57.9 Å². The number of imidazole rings is 1. The van der Waals surface area contributed by atoms with Gasteiger partial charge in [0.25, 0.3) is 10.0 Å². The fraction of sp³-hybridized carbons (Fsp3) is 0.500. The molecule has 0 N–H and O–H groups in total. The number of benzene rings is 1. The Morgan fingerprint density at radius 1 is 1.21 bits per heavy atom. The average Bonchev–Trinajstić information content (AvgIpc) is 3.03. The standard InChI is InChI=1S/C20H27ClN4O3S/c1-14(2)25(18-7-5-17(21)6-8-18)20(26)16-9-11-24(12-10-16)29(27,28)19-13-23(4)15(3)22-19/h5-8,13-14,16H,9-12H2,1-4H3.